The van der Waals surface area contributed by atoms with Crippen LogP contribution in [0.4, 0.5) is 0 Å². The molecule has 2 nitrogen and oxygen atoms in total. The topological polar surface area (TPSA) is 35.2 Å². The summed E-state index contributed by atoms with van der Waals surface area (Å²) in [5.74, 6) is 0.857. The Morgan fingerprint density at radius 1 is 1.00 bits per heavy atom. The maximum absolute atomic E-state index is 6.25. The molecule has 4 heteroatoms. The number of halogens is 2. The highest BCUT2D eigenvalue weighted by atomic mass is 35.5. The second-order valence-electron chi connectivity index (χ2n) is 5.29. The molecule has 0 spiro atoms. The molecule has 1 atom stereocenters. The van der Waals surface area contributed by atoms with Crippen LogP contribution in [0.1, 0.15) is 31.0 Å². The first-order valence-corrected chi connectivity index (χ1v) is 7.67. The molecule has 0 saturated heterocycles. The van der Waals surface area contributed by atoms with E-state index >= 15 is 0 Å². The molecule has 0 aliphatic carbocycles. The van der Waals surface area contributed by atoms with Crippen LogP contribution in [0, 0.1) is 0 Å². The molecule has 21 heavy (non-hydrogen) atoms. The number of nitrogens with two attached hydrogens (primary N) is 1. The first-order valence-electron chi connectivity index (χ1n) is 6.92. The maximum atomic E-state index is 6.25. The molecule has 0 aliphatic heterocycles. The lowest BCUT2D eigenvalue weighted by atomic mass is 10.00. The van der Waals surface area contributed by atoms with Gasteiger partial charge < -0.3 is 10.5 Å². The molecule has 1 unspecified atom stereocenters. The number of ether oxygens (including phenoxy) is 1. The first kappa shape index (κ1) is 16.2. The molecule has 0 saturated carbocycles. The zero-order valence-electron chi connectivity index (χ0n) is 12.1. The summed E-state index contributed by atoms with van der Waals surface area (Å²) >= 11 is 11.9. The van der Waals surface area contributed by atoms with Gasteiger partial charge in [-0.15, -0.1) is 0 Å². The Hall–Kier alpha value is -1.22. The van der Waals surface area contributed by atoms with Gasteiger partial charge in [-0.3, -0.25) is 0 Å². The van der Waals surface area contributed by atoms with E-state index in [4.69, 9.17) is 33.7 Å². The van der Waals surface area contributed by atoms with Crippen molar-refractivity contribution in [2.24, 2.45) is 5.73 Å². The van der Waals surface area contributed by atoms with Crippen LogP contribution in [-0.2, 0) is 6.42 Å². The third-order valence-corrected chi connectivity index (χ3v) is 3.86. The monoisotopic (exact) mass is 323 g/mol. The number of hydrogen-bond acceptors (Lipinski definition) is 2. The van der Waals surface area contributed by atoms with Crippen LogP contribution in [0.25, 0.3) is 0 Å². The van der Waals surface area contributed by atoms with Crippen molar-refractivity contribution in [3.63, 3.8) is 0 Å². The van der Waals surface area contributed by atoms with Gasteiger partial charge in [0.25, 0.3) is 0 Å². The van der Waals surface area contributed by atoms with Crippen molar-refractivity contribution in [1.82, 2.24) is 0 Å². The summed E-state index contributed by atoms with van der Waals surface area (Å²) in [4.78, 5) is 0. The highest BCUT2D eigenvalue weighted by Gasteiger charge is 2.09. The van der Waals surface area contributed by atoms with E-state index in [0.717, 1.165) is 16.9 Å². The smallest absolute Gasteiger partial charge is 0.119 e. The molecular formula is C17H19Cl2NO. The molecular weight excluding hydrogens is 305 g/mol. The fraction of sp³-hybridized carbons (Fsp3) is 0.294. The number of hydrogen-bond donors (Lipinski definition) is 1. The molecule has 2 N–H and O–H groups in total. The molecule has 112 valence electrons. The van der Waals surface area contributed by atoms with Gasteiger partial charge in [0, 0.05) is 6.04 Å². The first-order chi connectivity index (χ1) is 9.95. The number of benzene rings is 2. The van der Waals surface area contributed by atoms with Gasteiger partial charge in [-0.05, 0) is 55.7 Å². The van der Waals surface area contributed by atoms with Crippen LogP contribution < -0.4 is 10.5 Å². The van der Waals surface area contributed by atoms with Crippen LogP contribution in [0.15, 0.2) is 42.5 Å². The largest absolute Gasteiger partial charge is 0.491 e. The van der Waals surface area contributed by atoms with Crippen molar-refractivity contribution < 1.29 is 4.74 Å². The minimum Gasteiger partial charge on any atom is -0.491 e. The van der Waals surface area contributed by atoms with Crippen LogP contribution in [0.5, 0.6) is 5.75 Å². The van der Waals surface area contributed by atoms with Gasteiger partial charge in [0.2, 0.25) is 0 Å². The van der Waals surface area contributed by atoms with Crippen molar-refractivity contribution in [1.29, 1.82) is 0 Å². The summed E-state index contributed by atoms with van der Waals surface area (Å²) in [5, 5.41) is 1.12. The zero-order valence-corrected chi connectivity index (χ0v) is 13.7. The van der Waals surface area contributed by atoms with Crippen LogP contribution >= 0.6 is 23.2 Å². The lowest BCUT2D eigenvalue weighted by molar-refractivity contribution is 0.242. The summed E-state index contributed by atoms with van der Waals surface area (Å²) in [5.41, 5.74) is 8.39. The highest BCUT2D eigenvalue weighted by molar-refractivity contribution is 6.42. The SMILES string of the molecule is CC(C)Oc1ccc(C(N)Cc2ccc(Cl)c(Cl)c2)cc1. The normalized spacial score (nSPS) is 12.5. The minimum atomic E-state index is -0.0876. The summed E-state index contributed by atoms with van der Waals surface area (Å²) in [6, 6.07) is 13.4. The van der Waals surface area contributed by atoms with E-state index in [1.165, 1.54) is 0 Å². The summed E-state index contributed by atoms with van der Waals surface area (Å²) in [7, 11) is 0. The molecule has 2 rings (SSSR count). The van der Waals surface area contributed by atoms with Crippen molar-refractivity contribution in [2.75, 3.05) is 0 Å². The van der Waals surface area contributed by atoms with E-state index in [0.29, 0.717) is 16.5 Å². The summed E-state index contributed by atoms with van der Waals surface area (Å²) < 4.78 is 5.62. The van der Waals surface area contributed by atoms with Gasteiger partial charge in [0.05, 0.1) is 16.1 Å². The van der Waals surface area contributed by atoms with Crippen molar-refractivity contribution >= 4 is 23.2 Å². The minimum absolute atomic E-state index is 0.0876. The van der Waals surface area contributed by atoms with Gasteiger partial charge >= 0.3 is 0 Å². The van der Waals surface area contributed by atoms with Crippen LogP contribution in [0.3, 0.4) is 0 Å². The maximum Gasteiger partial charge on any atom is 0.119 e. The molecule has 0 aromatic heterocycles. The summed E-state index contributed by atoms with van der Waals surface area (Å²) in [6.07, 6.45) is 0.877. The average molecular weight is 324 g/mol. The van der Waals surface area contributed by atoms with Crippen LogP contribution in [-0.4, -0.2) is 6.10 Å². The van der Waals surface area contributed by atoms with Crippen molar-refractivity contribution in [3.05, 3.63) is 63.6 Å². The third kappa shape index (κ3) is 4.63. The molecule has 0 fully saturated rings. The molecule has 0 bridgehead atoms. The predicted octanol–water partition coefficient (Wildman–Crippen LogP) is 5.02. The van der Waals surface area contributed by atoms with Gasteiger partial charge in [-0.1, -0.05) is 41.4 Å². The fourth-order valence-corrected chi connectivity index (χ4v) is 2.42. The van der Waals surface area contributed by atoms with Crippen LogP contribution in [0.2, 0.25) is 10.0 Å². The molecule has 2 aromatic carbocycles. The van der Waals surface area contributed by atoms with Gasteiger partial charge in [0.15, 0.2) is 0 Å². The third-order valence-electron chi connectivity index (χ3n) is 3.12. The lowest BCUT2D eigenvalue weighted by Gasteiger charge is -2.14. The van der Waals surface area contributed by atoms with E-state index in [2.05, 4.69) is 0 Å². The Labute approximate surface area is 135 Å². The van der Waals surface area contributed by atoms with E-state index < -0.39 is 0 Å². The Bertz CT molecular complexity index is 596. The highest BCUT2D eigenvalue weighted by Crippen LogP contribution is 2.25. The van der Waals surface area contributed by atoms with Gasteiger partial charge in [0.1, 0.15) is 5.75 Å². The second kappa shape index (κ2) is 7.17. The summed E-state index contributed by atoms with van der Waals surface area (Å²) in [6.45, 7) is 4.01. The average Bonchev–Trinajstić information content (AvgIpc) is 2.43. The quantitative estimate of drug-likeness (QED) is 0.838. The number of rotatable bonds is 5. The second-order valence-corrected chi connectivity index (χ2v) is 6.11. The molecule has 0 aliphatic rings. The molecule has 0 radical (unpaired) electrons. The van der Waals surface area contributed by atoms with E-state index in [9.17, 15) is 0 Å². The van der Waals surface area contributed by atoms with E-state index in [-0.39, 0.29) is 12.1 Å². The van der Waals surface area contributed by atoms with Crippen molar-refractivity contribution in [3.8, 4) is 5.75 Å². The molecule has 0 heterocycles. The standard InChI is InChI=1S/C17H19Cl2NO/c1-11(2)21-14-6-4-13(5-7-14)17(20)10-12-3-8-15(18)16(19)9-12/h3-9,11,17H,10,20H2,1-2H3. The van der Waals surface area contributed by atoms with Gasteiger partial charge in [-0.2, -0.15) is 0 Å². The fourth-order valence-electron chi connectivity index (χ4n) is 2.10. The Kier molecular flexibility index (Phi) is 5.51. The molecule has 2 aromatic rings. The lowest BCUT2D eigenvalue weighted by Crippen LogP contribution is -2.13. The Morgan fingerprint density at radius 3 is 2.24 bits per heavy atom. The van der Waals surface area contributed by atoms with Gasteiger partial charge in [-0.25, -0.2) is 0 Å². The van der Waals surface area contributed by atoms with Crippen molar-refractivity contribution in [2.45, 2.75) is 32.4 Å². The predicted molar refractivity (Wildman–Crippen MR) is 89.3 cm³/mol. The Morgan fingerprint density at radius 2 is 1.67 bits per heavy atom. The molecule has 0 amide bonds. The zero-order chi connectivity index (χ0) is 15.4. The Balaban J connectivity index is 2.05. The van der Waals surface area contributed by atoms with E-state index in [1.807, 2.05) is 50.2 Å². The van der Waals surface area contributed by atoms with E-state index in [1.54, 1.807) is 6.07 Å².